The van der Waals surface area contributed by atoms with Gasteiger partial charge in [-0.25, -0.2) is 4.39 Å². The smallest absolute Gasteiger partial charge is 0.161 e. The van der Waals surface area contributed by atoms with E-state index < -0.39 is 0 Å². The quantitative estimate of drug-likeness (QED) is 0.827. The van der Waals surface area contributed by atoms with Crippen molar-refractivity contribution in [3.63, 3.8) is 0 Å². The second-order valence-corrected chi connectivity index (χ2v) is 3.48. The van der Waals surface area contributed by atoms with Gasteiger partial charge in [0.2, 0.25) is 0 Å². The van der Waals surface area contributed by atoms with Gasteiger partial charge in [0.1, 0.15) is 0 Å². The van der Waals surface area contributed by atoms with Gasteiger partial charge in [-0.3, -0.25) is 0 Å². The molecule has 0 atom stereocenters. The normalized spacial score (nSPS) is 11.4. The third-order valence-corrected chi connectivity index (χ3v) is 2.45. The van der Waals surface area contributed by atoms with E-state index in [1.54, 1.807) is 26.4 Å². The highest BCUT2D eigenvalue weighted by molar-refractivity contribution is 5.68. The van der Waals surface area contributed by atoms with Crippen molar-refractivity contribution in [3.05, 3.63) is 30.1 Å². The Balaban J connectivity index is 2.97. The molecule has 0 unspecified atom stereocenters. The Bertz CT molecular complexity index is 391. The van der Waals surface area contributed by atoms with Crippen LogP contribution in [0.2, 0.25) is 0 Å². The monoisotopic (exact) mass is 239 g/mol. The molecule has 3 nitrogen and oxygen atoms in total. The average Bonchev–Trinajstić information content (AvgIpc) is 2.39. The number of hydrogen-bond acceptors (Lipinski definition) is 3. The molecule has 17 heavy (non-hydrogen) atoms. The fourth-order valence-corrected chi connectivity index (χ4v) is 1.50. The van der Waals surface area contributed by atoms with Crippen LogP contribution < -0.4 is 14.8 Å². The van der Waals surface area contributed by atoms with Gasteiger partial charge < -0.3 is 14.8 Å². The fourth-order valence-electron chi connectivity index (χ4n) is 1.50. The van der Waals surface area contributed by atoms with Crippen LogP contribution in [0.5, 0.6) is 11.5 Å². The predicted molar refractivity (Wildman–Crippen MR) is 67.2 cm³/mol. The average molecular weight is 239 g/mol. The summed E-state index contributed by atoms with van der Waals surface area (Å²) in [5, 5.41) is 3.08. The SMILES string of the molecule is CCNCC(=CF)c1ccc(OC)c(OC)c1. The third kappa shape index (κ3) is 3.46. The lowest BCUT2D eigenvalue weighted by Crippen LogP contribution is -2.15. The second kappa shape index (κ2) is 6.91. The Labute approximate surface area is 101 Å². The molecule has 1 N–H and O–H groups in total. The van der Waals surface area contributed by atoms with E-state index in [4.69, 9.17) is 9.47 Å². The Kier molecular flexibility index (Phi) is 5.49. The molecule has 1 rings (SSSR count). The zero-order chi connectivity index (χ0) is 12.7. The number of ether oxygens (including phenoxy) is 2. The summed E-state index contributed by atoms with van der Waals surface area (Å²) in [5.41, 5.74) is 1.37. The third-order valence-electron chi connectivity index (χ3n) is 2.45. The highest BCUT2D eigenvalue weighted by atomic mass is 19.1. The van der Waals surface area contributed by atoms with Gasteiger partial charge in [0.25, 0.3) is 0 Å². The molecule has 1 aromatic carbocycles. The maximum atomic E-state index is 12.8. The first-order valence-corrected chi connectivity index (χ1v) is 5.49. The van der Waals surface area contributed by atoms with Gasteiger partial charge in [-0.2, -0.15) is 0 Å². The van der Waals surface area contributed by atoms with Crippen molar-refractivity contribution in [3.8, 4) is 11.5 Å². The first kappa shape index (κ1) is 13.5. The molecule has 1 aromatic rings. The molecule has 0 heterocycles. The summed E-state index contributed by atoms with van der Waals surface area (Å²) in [6.07, 6.45) is 0.615. The van der Waals surface area contributed by atoms with Gasteiger partial charge in [0, 0.05) is 12.1 Å². The summed E-state index contributed by atoms with van der Waals surface area (Å²) in [6, 6.07) is 5.34. The van der Waals surface area contributed by atoms with E-state index in [1.807, 2.05) is 13.0 Å². The lowest BCUT2D eigenvalue weighted by molar-refractivity contribution is 0.355. The molecule has 0 bridgehead atoms. The minimum atomic E-state index is 0.489. The highest BCUT2D eigenvalue weighted by Gasteiger charge is 2.07. The Hall–Kier alpha value is -1.55. The minimum absolute atomic E-state index is 0.489. The van der Waals surface area contributed by atoms with Crippen LogP contribution in [0.4, 0.5) is 4.39 Å². The largest absolute Gasteiger partial charge is 0.493 e. The zero-order valence-electron chi connectivity index (χ0n) is 10.4. The van der Waals surface area contributed by atoms with Crippen LogP contribution in [0.3, 0.4) is 0 Å². The Morgan fingerprint density at radius 3 is 2.53 bits per heavy atom. The van der Waals surface area contributed by atoms with Gasteiger partial charge >= 0.3 is 0 Å². The van der Waals surface area contributed by atoms with Crippen LogP contribution in [-0.2, 0) is 0 Å². The zero-order valence-corrected chi connectivity index (χ0v) is 10.4. The predicted octanol–water partition coefficient (Wildman–Crippen LogP) is 2.62. The summed E-state index contributed by atoms with van der Waals surface area (Å²) in [6.45, 7) is 3.26. The number of likely N-dealkylation sites (N-methyl/N-ethyl adjacent to an activating group) is 1. The molecule has 0 radical (unpaired) electrons. The van der Waals surface area contributed by atoms with Crippen molar-refractivity contribution in [2.24, 2.45) is 0 Å². The van der Waals surface area contributed by atoms with Crippen LogP contribution in [0.15, 0.2) is 24.5 Å². The van der Waals surface area contributed by atoms with Crippen LogP contribution >= 0.6 is 0 Å². The second-order valence-electron chi connectivity index (χ2n) is 3.48. The molecule has 0 saturated heterocycles. The molecule has 4 heteroatoms. The number of halogens is 1. The van der Waals surface area contributed by atoms with E-state index in [2.05, 4.69) is 5.32 Å². The topological polar surface area (TPSA) is 30.5 Å². The summed E-state index contributed by atoms with van der Waals surface area (Å²) in [4.78, 5) is 0. The Morgan fingerprint density at radius 2 is 2.00 bits per heavy atom. The highest BCUT2D eigenvalue weighted by Crippen LogP contribution is 2.30. The number of methoxy groups -OCH3 is 2. The molecule has 0 aliphatic heterocycles. The van der Waals surface area contributed by atoms with Gasteiger partial charge in [0.15, 0.2) is 11.5 Å². The van der Waals surface area contributed by atoms with Crippen molar-refractivity contribution < 1.29 is 13.9 Å². The molecule has 0 amide bonds. The summed E-state index contributed by atoms with van der Waals surface area (Å²) >= 11 is 0. The van der Waals surface area contributed by atoms with Crippen molar-refractivity contribution >= 4 is 5.57 Å². The maximum Gasteiger partial charge on any atom is 0.161 e. The minimum Gasteiger partial charge on any atom is -0.493 e. The molecule has 0 aliphatic rings. The number of hydrogen-bond donors (Lipinski definition) is 1. The molecular weight excluding hydrogens is 221 g/mol. The summed E-state index contributed by atoms with van der Waals surface area (Å²) in [7, 11) is 3.13. The molecule has 0 aliphatic carbocycles. The standard InChI is InChI=1S/C13H18FNO2/c1-4-15-9-11(8-14)10-5-6-12(16-2)13(7-10)17-3/h5-8,15H,4,9H2,1-3H3. The first-order chi connectivity index (χ1) is 8.26. The van der Waals surface area contributed by atoms with Crippen LogP contribution in [-0.4, -0.2) is 27.3 Å². The van der Waals surface area contributed by atoms with E-state index >= 15 is 0 Å². The number of nitrogens with one attached hydrogen (secondary N) is 1. The van der Waals surface area contributed by atoms with E-state index in [0.29, 0.717) is 29.9 Å². The number of rotatable bonds is 6. The maximum absolute atomic E-state index is 12.8. The van der Waals surface area contributed by atoms with E-state index in [0.717, 1.165) is 12.1 Å². The molecule has 94 valence electrons. The van der Waals surface area contributed by atoms with Crippen molar-refractivity contribution in [1.82, 2.24) is 5.32 Å². The molecule has 0 spiro atoms. The number of benzene rings is 1. The lowest BCUT2D eigenvalue weighted by atomic mass is 10.1. The van der Waals surface area contributed by atoms with Crippen LogP contribution in [0.1, 0.15) is 12.5 Å². The van der Waals surface area contributed by atoms with Crippen molar-refractivity contribution in [2.45, 2.75) is 6.92 Å². The van der Waals surface area contributed by atoms with Crippen LogP contribution in [0.25, 0.3) is 5.57 Å². The van der Waals surface area contributed by atoms with Gasteiger partial charge in [0.05, 0.1) is 20.5 Å². The van der Waals surface area contributed by atoms with Crippen molar-refractivity contribution in [2.75, 3.05) is 27.3 Å². The Morgan fingerprint density at radius 1 is 1.29 bits per heavy atom. The van der Waals surface area contributed by atoms with Gasteiger partial charge in [-0.1, -0.05) is 13.0 Å². The van der Waals surface area contributed by atoms with Gasteiger partial charge in [-0.05, 0) is 24.2 Å². The van der Waals surface area contributed by atoms with Crippen LogP contribution in [0, 0.1) is 0 Å². The molecular formula is C13H18FNO2. The van der Waals surface area contributed by atoms with E-state index in [9.17, 15) is 4.39 Å². The van der Waals surface area contributed by atoms with E-state index in [1.165, 1.54) is 0 Å². The first-order valence-electron chi connectivity index (χ1n) is 5.49. The molecule has 0 saturated carbocycles. The molecule has 0 aromatic heterocycles. The van der Waals surface area contributed by atoms with Gasteiger partial charge in [-0.15, -0.1) is 0 Å². The van der Waals surface area contributed by atoms with E-state index in [-0.39, 0.29) is 0 Å². The summed E-state index contributed by atoms with van der Waals surface area (Å²) < 4.78 is 23.1. The molecule has 0 fully saturated rings. The summed E-state index contributed by atoms with van der Waals surface area (Å²) in [5.74, 6) is 1.23. The van der Waals surface area contributed by atoms with Crippen molar-refractivity contribution in [1.29, 1.82) is 0 Å². The lowest BCUT2D eigenvalue weighted by Gasteiger charge is -2.11. The fraction of sp³-hybridized carbons (Fsp3) is 0.385.